The molecule has 1 fully saturated rings. The maximum absolute atomic E-state index is 13.4. The number of nitrogens with zero attached hydrogens (tertiary/aromatic N) is 2. The SMILES string of the molecule is COc1ccc(-c2n[nH]c3c2C(c2ccc(OC)cc2)N(CC2CCCO2)C3=O)cc1. The second-order valence-corrected chi connectivity index (χ2v) is 7.86. The summed E-state index contributed by atoms with van der Waals surface area (Å²) in [5.74, 6) is 1.51. The van der Waals surface area contributed by atoms with E-state index in [4.69, 9.17) is 14.2 Å². The van der Waals surface area contributed by atoms with Crippen molar-refractivity contribution in [2.75, 3.05) is 27.4 Å². The molecule has 0 saturated carbocycles. The van der Waals surface area contributed by atoms with Crippen LogP contribution in [-0.4, -0.2) is 54.5 Å². The van der Waals surface area contributed by atoms with Crippen LogP contribution in [0.25, 0.3) is 11.3 Å². The van der Waals surface area contributed by atoms with E-state index >= 15 is 0 Å². The highest BCUT2D eigenvalue weighted by Crippen LogP contribution is 2.43. The number of rotatable bonds is 6. The van der Waals surface area contributed by atoms with Gasteiger partial charge in [-0.25, -0.2) is 0 Å². The van der Waals surface area contributed by atoms with Gasteiger partial charge in [-0.15, -0.1) is 0 Å². The molecule has 2 aliphatic rings. The molecule has 1 amide bonds. The second-order valence-electron chi connectivity index (χ2n) is 7.86. The minimum absolute atomic E-state index is 0.0430. The number of aromatic amines is 1. The minimum atomic E-state index is -0.242. The molecular weight excluding hydrogens is 394 g/mol. The third-order valence-corrected chi connectivity index (χ3v) is 6.08. The van der Waals surface area contributed by atoms with Crippen LogP contribution in [0.15, 0.2) is 48.5 Å². The van der Waals surface area contributed by atoms with Crippen LogP contribution < -0.4 is 9.47 Å². The summed E-state index contributed by atoms with van der Waals surface area (Å²) in [4.78, 5) is 15.3. The molecule has 7 nitrogen and oxygen atoms in total. The number of methoxy groups -OCH3 is 2. The zero-order valence-electron chi connectivity index (χ0n) is 17.6. The smallest absolute Gasteiger partial charge is 0.273 e. The van der Waals surface area contributed by atoms with Gasteiger partial charge in [-0.1, -0.05) is 12.1 Å². The van der Waals surface area contributed by atoms with Crippen molar-refractivity contribution in [2.24, 2.45) is 0 Å². The van der Waals surface area contributed by atoms with Gasteiger partial charge in [0.2, 0.25) is 0 Å². The summed E-state index contributed by atoms with van der Waals surface area (Å²) in [5.41, 5.74) is 4.18. The number of benzene rings is 2. The van der Waals surface area contributed by atoms with Crippen molar-refractivity contribution >= 4 is 5.91 Å². The van der Waals surface area contributed by atoms with Gasteiger partial charge in [0.25, 0.3) is 5.91 Å². The summed E-state index contributed by atoms with van der Waals surface area (Å²) in [6, 6.07) is 15.4. The molecule has 0 radical (unpaired) electrons. The first-order chi connectivity index (χ1) is 15.2. The van der Waals surface area contributed by atoms with Gasteiger partial charge in [-0.2, -0.15) is 5.10 Å². The lowest BCUT2D eigenvalue weighted by Crippen LogP contribution is -2.36. The zero-order chi connectivity index (χ0) is 21.4. The highest BCUT2D eigenvalue weighted by Gasteiger charge is 2.43. The molecule has 0 aliphatic carbocycles. The molecule has 2 aromatic carbocycles. The molecule has 2 aliphatic heterocycles. The van der Waals surface area contributed by atoms with Gasteiger partial charge < -0.3 is 19.1 Å². The van der Waals surface area contributed by atoms with Crippen LogP contribution in [0.1, 0.15) is 40.5 Å². The molecule has 31 heavy (non-hydrogen) atoms. The van der Waals surface area contributed by atoms with Gasteiger partial charge in [0.15, 0.2) is 0 Å². The number of amides is 1. The van der Waals surface area contributed by atoms with E-state index < -0.39 is 0 Å². The van der Waals surface area contributed by atoms with E-state index in [1.807, 2.05) is 53.4 Å². The first-order valence-electron chi connectivity index (χ1n) is 10.5. The molecule has 2 atom stereocenters. The van der Waals surface area contributed by atoms with Gasteiger partial charge in [-0.05, 0) is 54.8 Å². The van der Waals surface area contributed by atoms with Crippen LogP contribution in [-0.2, 0) is 4.74 Å². The van der Waals surface area contributed by atoms with E-state index in [-0.39, 0.29) is 18.1 Å². The largest absolute Gasteiger partial charge is 0.497 e. The quantitative estimate of drug-likeness (QED) is 0.657. The Kier molecular flexibility index (Phi) is 5.11. The molecule has 0 bridgehead atoms. The molecule has 3 aromatic rings. The van der Waals surface area contributed by atoms with E-state index in [1.54, 1.807) is 14.2 Å². The van der Waals surface area contributed by atoms with E-state index in [9.17, 15) is 4.79 Å². The second kappa shape index (κ2) is 8.07. The Morgan fingerprint density at radius 2 is 1.74 bits per heavy atom. The maximum atomic E-state index is 13.4. The van der Waals surface area contributed by atoms with Crippen molar-refractivity contribution in [3.8, 4) is 22.8 Å². The summed E-state index contributed by atoms with van der Waals surface area (Å²) in [7, 11) is 3.29. The Morgan fingerprint density at radius 3 is 2.35 bits per heavy atom. The fraction of sp³-hybridized carbons (Fsp3) is 0.333. The molecule has 1 aromatic heterocycles. The standard InChI is InChI=1S/C24H25N3O4/c1-29-17-9-5-15(6-10-17)21-20-22(26-25-21)24(28)27(14-19-4-3-13-31-19)23(20)16-7-11-18(30-2)12-8-16/h5-12,19,23H,3-4,13-14H2,1-2H3,(H,25,26). The minimum Gasteiger partial charge on any atom is -0.497 e. The maximum Gasteiger partial charge on any atom is 0.273 e. The number of hydrogen-bond donors (Lipinski definition) is 1. The fourth-order valence-electron chi connectivity index (χ4n) is 4.49. The third-order valence-electron chi connectivity index (χ3n) is 6.08. The Bertz CT molecular complexity index is 1070. The van der Waals surface area contributed by atoms with Gasteiger partial charge in [0.1, 0.15) is 17.2 Å². The van der Waals surface area contributed by atoms with Crippen molar-refractivity contribution in [3.63, 3.8) is 0 Å². The normalized spacial score (nSPS) is 20.2. The molecule has 3 heterocycles. The molecule has 1 saturated heterocycles. The van der Waals surface area contributed by atoms with Crippen molar-refractivity contribution in [2.45, 2.75) is 25.0 Å². The number of aromatic nitrogens is 2. The van der Waals surface area contributed by atoms with Crippen LogP contribution in [0, 0.1) is 0 Å². The number of carbonyl (C=O) groups is 1. The van der Waals surface area contributed by atoms with E-state index in [0.717, 1.165) is 53.3 Å². The predicted octanol–water partition coefficient (Wildman–Crippen LogP) is 3.82. The summed E-state index contributed by atoms with van der Waals surface area (Å²) in [6.07, 6.45) is 2.06. The number of carbonyl (C=O) groups excluding carboxylic acids is 1. The molecule has 7 heteroatoms. The van der Waals surface area contributed by atoms with Gasteiger partial charge in [-0.3, -0.25) is 9.89 Å². The van der Waals surface area contributed by atoms with E-state index in [1.165, 1.54) is 0 Å². The average molecular weight is 419 g/mol. The molecule has 0 spiro atoms. The van der Waals surface area contributed by atoms with Crippen LogP contribution >= 0.6 is 0 Å². The van der Waals surface area contributed by atoms with Crippen LogP contribution in [0.2, 0.25) is 0 Å². The van der Waals surface area contributed by atoms with Crippen molar-refractivity contribution < 1.29 is 19.0 Å². The van der Waals surface area contributed by atoms with Crippen LogP contribution in [0.3, 0.4) is 0 Å². The summed E-state index contributed by atoms with van der Waals surface area (Å²) in [6.45, 7) is 1.31. The molecule has 1 N–H and O–H groups in total. The molecular formula is C24H25N3O4. The first kappa shape index (κ1) is 19.6. The Labute approximate surface area is 180 Å². The van der Waals surface area contributed by atoms with Crippen molar-refractivity contribution in [1.29, 1.82) is 0 Å². The van der Waals surface area contributed by atoms with Crippen LogP contribution in [0.4, 0.5) is 0 Å². The number of ether oxygens (including phenoxy) is 3. The number of nitrogens with one attached hydrogen (secondary N) is 1. The summed E-state index contributed by atoms with van der Waals surface area (Å²) in [5, 5.41) is 7.52. The first-order valence-corrected chi connectivity index (χ1v) is 10.5. The lowest BCUT2D eigenvalue weighted by atomic mass is 9.96. The molecule has 160 valence electrons. The highest BCUT2D eigenvalue weighted by atomic mass is 16.5. The molecule has 2 unspecified atom stereocenters. The Hall–Kier alpha value is -3.32. The van der Waals surface area contributed by atoms with Crippen molar-refractivity contribution in [1.82, 2.24) is 15.1 Å². The topological polar surface area (TPSA) is 76.7 Å². The number of hydrogen-bond acceptors (Lipinski definition) is 5. The Balaban J connectivity index is 1.59. The van der Waals surface area contributed by atoms with Crippen LogP contribution in [0.5, 0.6) is 11.5 Å². The van der Waals surface area contributed by atoms with E-state index in [2.05, 4.69) is 10.2 Å². The number of fused-ring (bicyclic) bond motifs is 1. The lowest BCUT2D eigenvalue weighted by molar-refractivity contribution is 0.0495. The third kappa shape index (κ3) is 3.45. The number of H-pyrrole nitrogens is 1. The fourth-order valence-corrected chi connectivity index (χ4v) is 4.49. The van der Waals surface area contributed by atoms with E-state index in [0.29, 0.717) is 12.2 Å². The van der Waals surface area contributed by atoms with Gasteiger partial charge in [0, 0.05) is 24.3 Å². The van der Waals surface area contributed by atoms with Gasteiger partial charge in [0.05, 0.1) is 32.1 Å². The lowest BCUT2D eigenvalue weighted by Gasteiger charge is -2.28. The zero-order valence-corrected chi connectivity index (χ0v) is 17.6. The summed E-state index contributed by atoms with van der Waals surface area (Å²) >= 11 is 0. The van der Waals surface area contributed by atoms with Gasteiger partial charge >= 0.3 is 0 Å². The monoisotopic (exact) mass is 419 g/mol. The average Bonchev–Trinajstić information content (AvgIpc) is 3.54. The Morgan fingerprint density at radius 1 is 1.06 bits per heavy atom. The predicted molar refractivity (Wildman–Crippen MR) is 115 cm³/mol. The highest BCUT2D eigenvalue weighted by molar-refractivity contribution is 6.00. The van der Waals surface area contributed by atoms with Crippen molar-refractivity contribution in [3.05, 3.63) is 65.4 Å². The molecule has 5 rings (SSSR count). The summed E-state index contributed by atoms with van der Waals surface area (Å²) < 4.78 is 16.5.